The molecule has 0 aromatic heterocycles. The zero-order chi connectivity index (χ0) is 19.1. The van der Waals surface area contributed by atoms with E-state index < -0.39 is 0 Å². The summed E-state index contributed by atoms with van der Waals surface area (Å²) in [5.41, 5.74) is 4.30. The first-order valence-electron chi connectivity index (χ1n) is 10.5. The number of unbranched alkanes of at least 4 members (excludes halogenated alkanes) is 4. The van der Waals surface area contributed by atoms with Crippen molar-refractivity contribution in [2.24, 2.45) is 0 Å². The number of hydrogen-bond donors (Lipinski definition) is 0. The van der Waals surface area contributed by atoms with Crippen molar-refractivity contribution in [1.29, 1.82) is 0 Å². The Labute approximate surface area is 163 Å². The third-order valence-electron chi connectivity index (χ3n) is 5.42. The van der Waals surface area contributed by atoms with Crippen LogP contribution in [0.1, 0.15) is 63.5 Å². The Hall–Kier alpha value is -2.15. The van der Waals surface area contributed by atoms with E-state index in [2.05, 4.69) is 56.3 Å². The molecule has 1 heteroatoms. The molecule has 3 aromatic rings. The van der Waals surface area contributed by atoms with Gasteiger partial charge < -0.3 is 0 Å². The fourth-order valence-corrected chi connectivity index (χ4v) is 3.73. The van der Waals surface area contributed by atoms with Crippen molar-refractivity contribution >= 4 is 10.8 Å². The van der Waals surface area contributed by atoms with Crippen LogP contribution < -0.4 is 0 Å². The summed E-state index contributed by atoms with van der Waals surface area (Å²) in [6.45, 7) is 4.44. The van der Waals surface area contributed by atoms with Crippen LogP contribution in [-0.4, -0.2) is 0 Å². The van der Waals surface area contributed by atoms with Crippen molar-refractivity contribution in [1.82, 2.24) is 0 Å². The molecule has 0 saturated carbocycles. The molecule has 0 fully saturated rings. The average molecular weight is 363 g/mol. The van der Waals surface area contributed by atoms with E-state index >= 15 is 4.39 Å². The molecular formula is C26H31F. The minimum atomic E-state index is -0.105. The molecule has 0 atom stereocenters. The molecule has 0 nitrogen and oxygen atoms in total. The maximum absolute atomic E-state index is 15.1. The Morgan fingerprint density at radius 2 is 1.30 bits per heavy atom. The van der Waals surface area contributed by atoms with Crippen LogP contribution in [0.3, 0.4) is 0 Å². The highest BCUT2D eigenvalue weighted by molar-refractivity contribution is 5.88. The number of benzene rings is 3. The molecule has 142 valence electrons. The Bertz CT molecular complexity index is 861. The molecule has 0 aliphatic heterocycles. The van der Waals surface area contributed by atoms with Gasteiger partial charge in [0.1, 0.15) is 5.82 Å². The fraction of sp³-hybridized carbons (Fsp3) is 0.385. The van der Waals surface area contributed by atoms with Crippen LogP contribution >= 0.6 is 0 Å². The van der Waals surface area contributed by atoms with Crippen LogP contribution in [0.4, 0.5) is 4.39 Å². The van der Waals surface area contributed by atoms with E-state index in [1.165, 1.54) is 49.7 Å². The Morgan fingerprint density at radius 1 is 0.667 bits per heavy atom. The van der Waals surface area contributed by atoms with Gasteiger partial charge in [-0.25, -0.2) is 4.39 Å². The summed E-state index contributed by atoms with van der Waals surface area (Å²) in [7, 11) is 0. The number of halogens is 1. The average Bonchev–Trinajstić information content (AvgIpc) is 2.69. The van der Waals surface area contributed by atoms with Gasteiger partial charge in [-0.15, -0.1) is 0 Å². The van der Waals surface area contributed by atoms with Gasteiger partial charge in [0.15, 0.2) is 0 Å². The summed E-state index contributed by atoms with van der Waals surface area (Å²) in [6, 6.07) is 18.6. The predicted molar refractivity (Wildman–Crippen MR) is 116 cm³/mol. The molecule has 0 aliphatic carbocycles. The quantitative estimate of drug-likeness (QED) is 0.337. The third-order valence-corrected chi connectivity index (χ3v) is 5.42. The van der Waals surface area contributed by atoms with Gasteiger partial charge in [-0.05, 0) is 47.8 Å². The summed E-state index contributed by atoms with van der Waals surface area (Å²) >= 11 is 0. The van der Waals surface area contributed by atoms with Gasteiger partial charge in [0.05, 0.1) is 0 Å². The molecule has 0 radical (unpaired) electrons. The monoisotopic (exact) mass is 362 g/mol. The van der Waals surface area contributed by atoms with Crippen molar-refractivity contribution in [3.05, 3.63) is 71.5 Å². The van der Waals surface area contributed by atoms with Gasteiger partial charge in [-0.3, -0.25) is 0 Å². The molecule has 0 N–H and O–H groups in total. The van der Waals surface area contributed by atoms with Crippen LogP contribution in [0, 0.1) is 5.82 Å². The van der Waals surface area contributed by atoms with Crippen LogP contribution in [0.5, 0.6) is 0 Å². The Kier molecular flexibility index (Phi) is 7.04. The van der Waals surface area contributed by atoms with E-state index in [4.69, 9.17) is 0 Å². The molecule has 0 spiro atoms. The Morgan fingerprint density at radius 3 is 1.96 bits per heavy atom. The van der Waals surface area contributed by atoms with E-state index in [1.54, 1.807) is 0 Å². The van der Waals surface area contributed by atoms with Crippen LogP contribution in [-0.2, 0) is 12.8 Å². The smallest absolute Gasteiger partial charge is 0.138 e. The maximum Gasteiger partial charge on any atom is 0.138 e. The van der Waals surface area contributed by atoms with E-state index in [0.29, 0.717) is 5.56 Å². The molecule has 27 heavy (non-hydrogen) atoms. The number of hydrogen-bond acceptors (Lipinski definition) is 0. The zero-order valence-electron chi connectivity index (χ0n) is 16.7. The SMILES string of the molecule is CCCCCc1ccc(-c2ccc3cc(CCCCC)ccc3c2F)cc1. The first-order valence-corrected chi connectivity index (χ1v) is 10.5. The maximum atomic E-state index is 15.1. The normalized spacial score (nSPS) is 11.2. The van der Waals surface area contributed by atoms with Gasteiger partial charge in [-0.2, -0.15) is 0 Å². The highest BCUT2D eigenvalue weighted by atomic mass is 19.1. The van der Waals surface area contributed by atoms with Gasteiger partial charge in [0.2, 0.25) is 0 Å². The highest BCUT2D eigenvalue weighted by Gasteiger charge is 2.10. The first kappa shape index (κ1) is 19.6. The summed E-state index contributed by atoms with van der Waals surface area (Å²) in [5, 5.41) is 1.72. The van der Waals surface area contributed by atoms with Crippen molar-refractivity contribution in [3.8, 4) is 11.1 Å². The lowest BCUT2D eigenvalue weighted by Gasteiger charge is -2.10. The highest BCUT2D eigenvalue weighted by Crippen LogP contribution is 2.30. The van der Waals surface area contributed by atoms with Gasteiger partial charge in [0.25, 0.3) is 0 Å². The molecule has 0 unspecified atom stereocenters. The summed E-state index contributed by atoms with van der Waals surface area (Å²) in [4.78, 5) is 0. The van der Waals surface area contributed by atoms with Crippen molar-refractivity contribution in [2.75, 3.05) is 0 Å². The lowest BCUT2D eigenvalue weighted by Crippen LogP contribution is -1.91. The van der Waals surface area contributed by atoms with Gasteiger partial charge in [-0.1, -0.05) is 94.1 Å². The van der Waals surface area contributed by atoms with Crippen molar-refractivity contribution < 1.29 is 4.39 Å². The topological polar surface area (TPSA) is 0 Å². The second-order valence-corrected chi connectivity index (χ2v) is 7.59. The second kappa shape index (κ2) is 9.69. The molecule has 0 amide bonds. The number of aryl methyl sites for hydroxylation is 2. The minimum Gasteiger partial charge on any atom is -0.206 e. The summed E-state index contributed by atoms with van der Waals surface area (Å²) in [6.07, 6.45) is 9.58. The predicted octanol–water partition coefficient (Wildman–Crippen LogP) is 8.11. The van der Waals surface area contributed by atoms with E-state index in [9.17, 15) is 0 Å². The lowest BCUT2D eigenvalue weighted by atomic mass is 9.96. The van der Waals surface area contributed by atoms with Crippen molar-refractivity contribution in [2.45, 2.75) is 65.2 Å². The van der Waals surface area contributed by atoms with Crippen LogP contribution in [0.15, 0.2) is 54.6 Å². The lowest BCUT2D eigenvalue weighted by molar-refractivity contribution is 0.643. The largest absolute Gasteiger partial charge is 0.206 e. The third kappa shape index (κ3) is 4.97. The van der Waals surface area contributed by atoms with E-state index in [-0.39, 0.29) is 5.82 Å². The molecule has 3 rings (SSSR count). The second-order valence-electron chi connectivity index (χ2n) is 7.59. The minimum absolute atomic E-state index is 0.105. The van der Waals surface area contributed by atoms with Crippen molar-refractivity contribution in [3.63, 3.8) is 0 Å². The first-order chi connectivity index (χ1) is 13.2. The molecular weight excluding hydrogens is 331 g/mol. The summed E-state index contributed by atoms with van der Waals surface area (Å²) in [5.74, 6) is -0.105. The molecule has 0 saturated heterocycles. The van der Waals surface area contributed by atoms with Crippen LogP contribution in [0.2, 0.25) is 0 Å². The molecule has 0 bridgehead atoms. The van der Waals surface area contributed by atoms with Gasteiger partial charge >= 0.3 is 0 Å². The molecule has 0 aliphatic rings. The van der Waals surface area contributed by atoms with E-state index in [0.717, 1.165) is 29.2 Å². The zero-order valence-corrected chi connectivity index (χ0v) is 16.7. The summed E-state index contributed by atoms with van der Waals surface area (Å²) < 4.78 is 15.1. The number of fused-ring (bicyclic) bond motifs is 1. The molecule has 0 heterocycles. The molecule has 3 aromatic carbocycles. The Balaban J connectivity index is 1.80. The van der Waals surface area contributed by atoms with E-state index in [1.807, 2.05) is 12.1 Å². The van der Waals surface area contributed by atoms with Gasteiger partial charge in [0, 0.05) is 10.9 Å². The fourth-order valence-electron chi connectivity index (χ4n) is 3.73. The standard InChI is InChI=1S/C26H31F/c1-3-5-7-9-20-11-14-22(15-12-20)24-18-16-23-19-21(10-8-6-4-2)13-17-25(23)26(24)27/h11-19H,3-10H2,1-2H3. The number of rotatable bonds is 9. The van der Waals surface area contributed by atoms with Crippen LogP contribution in [0.25, 0.3) is 21.9 Å².